The minimum atomic E-state index is 0.0482. The second kappa shape index (κ2) is 8.90. The SMILES string of the molecule is Cc1c(-c2c3ccc4nc(C5CCC(C)(C)CC5)ccc4c3cc[n+]2C)cc(C(C)(C)C)c2ccccc12. The molecule has 6 rings (SSSR count). The number of aromatic nitrogens is 2. The van der Waals surface area contributed by atoms with E-state index >= 15 is 0 Å². The largest absolute Gasteiger partial charge is 0.253 e. The van der Waals surface area contributed by atoms with Crippen LogP contribution < -0.4 is 4.57 Å². The molecule has 1 saturated carbocycles. The van der Waals surface area contributed by atoms with Crippen molar-refractivity contribution in [2.45, 2.75) is 78.6 Å². The average Bonchev–Trinajstić information content (AvgIpc) is 2.88. The highest BCUT2D eigenvalue weighted by molar-refractivity contribution is 6.10. The van der Waals surface area contributed by atoms with E-state index in [2.05, 4.69) is 120 Å². The Morgan fingerprint density at radius 3 is 2.21 bits per heavy atom. The summed E-state index contributed by atoms with van der Waals surface area (Å²) in [6.45, 7) is 14.1. The monoisotopic (exact) mass is 501 g/mol. The maximum Gasteiger partial charge on any atom is 0.220 e. The van der Waals surface area contributed by atoms with Crippen LogP contribution in [0.15, 0.2) is 66.9 Å². The van der Waals surface area contributed by atoms with Crippen molar-refractivity contribution in [2.75, 3.05) is 0 Å². The molecule has 2 aromatic heterocycles. The molecule has 38 heavy (non-hydrogen) atoms. The van der Waals surface area contributed by atoms with Gasteiger partial charge in [0.25, 0.3) is 0 Å². The number of nitrogens with zero attached hydrogens (tertiary/aromatic N) is 2. The minimum Gasteiger partial charge on any atom is -0.253 e. The van der Waals surface area contributed by atoms with Gasteiger partial charge in [-0.25, -0.2) is 4.57 Å². The quantitative estimate of drug-likeness (QED) is 0.174. The Morgan fingerprint density at radius 1 is 0.816 bits per heavy atom. The molecule has 0 aliphatic heterocycles. The Labute approximate surface area is 227 Å². The molecule has 5 aromatic rings. The summed E-state index contributed by atoms with van der Waals surface area (Å²) >= 11 is 0. The van der Waals surface area contributed by atoms with Crippen molar-refractivity contribution in [1.29, 1.82) is 0 Å². The number of pyridine rings is 2. The molecule has 1 fully saturated rings. The van der Waals surface area contributed by atoms with Crippen LogP contribution in [0.25, 0.3) is 43.7 Å². The Morgan fingerprint density at radius 2 is 1.50 bits per heavy atom. The van der Waals surface area contributed by atoms with E-state index in [1.54, 1.807) is 0 Å². The van der Waals surface area contributed by atoms with E-state index in [9.17, 15) is 0 Å². The lowest BCUT2D eigenvalue weighted by Gasteiger charge is -2.34. The predicted molar refractivity (Wildman–Crippen MR) is 162 cm³/mol. The first kappa shape index (κ1) is 25.0. The van der Waals surface area contributed by atoms with Crippen LogP contribution in [-0.4, -0.2) is 4.98 Å². The third kappa shape index (κ3) is 4.19. The molecule has 0 unspecified atom stereocenters. The van der Waals surface area contributed by atoms with Gasteiger partial charge in [0, 0.05) is 28.5 Å². The van der Waals surface area contributed by atoms with Gasteiger partial charge in [0.2, 0.25) is 5.69 Å². The molecule has 0 spiro atoms. The van der Waals surface area contributed by atoms with Gasteiger partial charge in [-0.2, -0.15) is 0 Å². The van der Waals surface area contributed by atoms with Gasteiger partial charge in [0.1, 0.15) is 7.05 Å². The summed E-state index contributed by atoms with van der Waals surface area (Å²) in [4.78, 5) is 5.22. The molecule has 0 saturated heterocycles. The predicted octanol–water partition coefficient (Wildman–Crippen LogP) is 9.32. The maximum atomic E-state index is 5.22. The van der Waals surface area contributed by atoms with Gasteiger partial charge in [-0.1, -0.05) is 65.0 Å². The lowest BCUT2D eigenvalue weighted by molar-refractivity contribution is -0.659. The number of hydrogen-bond donors (Lipinski definition) is 0. The Kier molecular flexibility index (Phi) is 5.87. The van der Waals surface area contributed by atoms with Gasteiger partial charge in [-0.3, -0.25) is 4.98 Å². The van der Waals surface area contributed by atoms with Crippen LogP contribution in [0.2, 0.25) is 0 Å². The van der Waals surface area contributed by atoms with Gasteiger partial charge < -0.3 is 0 Å². The normalized spacial score (nSPS) is 16.5. The molecule has 0 radical (unpaired) electrons. The molecule has 1 aliphatic rings. The Bertz CT molecular complexity index is 1690. The summed E-state index contributed by atoms with van der Waals surface area (Å²) in [6, 6.07) is 22.8. The lowest BCUT2D eigenvalue weighted by Crippen LogP contribution is -2.31. The van der Waals surface area contributed by atoms with Gasteiger partial charge in [-0.05, 0) is 89.6 Å². The van der Waals surface area contributed by atoms with Crippen LogP contribution >= 0.6 is 0 Å². The second-order valence-corrected chi connectivity index (χ2v) is 13.4. The molecular formula is C36H41N2+. The first-order chi connectivity index (χ1) is 18.0. The molecule has 2 nitrogen and oxygen atoms in total. The number of fused-ring (bicyclic) bond motifs is 4. The van der Waals surface area contributed by atoms with Gasteiger partial charge in [-0.15, -0.1) is 0 Å². The van der Waals surface area contributed by atoms with Crippen molar-refractivity contribution >= 4 is 32.4 Å². The summed E-state index contributed by atoms with van der Waals surface area (Å²) < 4.78 is 2.29. The van der Waals surface area contributed by atoms with Crippen LogP contribution in [0.4, 0.5) is 0 Å². The molecule has 0 amide bonds. The number of hydrogen-bond acceptors (Lipinski definition) is 1. The first-order valence-corrected chi connectivity index (χ1v) is 14.3. The van der Waals surface area contributed by atoms with Gasteiger partial charge >= 0.3 is 0 Å². The van der Waals surface area contributed by atoms with Gasteiger partial charge in [0.15, 0.2) is 6.20 Å². The third-order valence-electron chi connectivity index (χ3n) is 9.14. The van der Waals surface area contributed by atoms with E-state index in [4.69, 9.17) is 4.98 Å². The Hall–Kier alpha value is -3.26. The Balaban J connectivity index is 1.54. The molecule has 2 heterocycles. The molecular weight excluding hydrogens is 460 g/mol. The highest BCUT2D eigenvalue weighted by Crippen LogP contribution is 2.43. The third-order valence-corrected chi connectivity index (χ3v) is 9.14. The fraction of sp³-hybridized carbons (Fsp3) is 0.389. The average molecular weight is 502 g/mol. The van der Waals surface area contributed by atoms with Crippen LogP contribution in [-0.2, 0) is 12.5 Å². The molecule has 0 N–H and O–H groups in total. The molecule has 194 valence electrons. The van der Waals surface area contributed by atoms with E-state index in [0.29, 0.717) is 11.3 Å². The van der Waals surface area contributed by atoms with E-state index in [1.165, 1.54) is 80.7 Å². The molecule has 1 aliphatic carbocycles. The van der Waals surface area contributed by atoms with Crippen molar-refractivity contribution in [2.24, 2.45) is 12.5 Å². The number of benzene rings is 3. The van der Waals surface area contributed by atoms with Gasteiger partial charge in [0.05, 0.1) is 16.5 Å². The maximum absolute atomic E-state index is 5.22. The summed E-state index contributed by atoms with van der Waals surface area (Å²) in [5.74, 6) is 0.586. The lowest BCUT2D eigenvalue weighted by atomic mass is 9.72. The number of rotatable bonds is 2. The van der Waals surface area contributed by atoms with Crippen LogP contribution in [0, 0.1) is 12.3 Å². The van der Waals surface area contributed by atoms with Crippen molar-refractivity contribution in [3.8, 4) is 11.3 Å². The van der Waals surface area contributed by atoms with E-state index < -0.39 is 0 Å². The highest BCUT2D eigenvalue weighted by atomic mass is 14.9. The summed E-state index contributed by atoms with van der Waals surface area (Å²) in [7, 11) is 2.18. The zero-order valence-corrected chi connectivity index (χ0v) is 24.2. The smallest absolute Gasteiger partial charge is 0.220 e. The van der Waals surface area contributed by atoms with Crippen molar-refractivity contribution in [1.82, 2.24) is 4.98 Å². The standard InChI is InChI=1S/C36H41N2/c1-23-25-10-8-9-11-27(25)31(35(2,3)4)22-30(23)34-29-13-15-33-28(26(29)18-21-38(34)7)12-14-32(37-33)24-16-19-36(5,6)20-17-24/h8-15,18,21-22,24H,16-17,19-20H2,1-7H3/q+1. The van der Waals surface area contributed by atoms with Crippen LogP contribution in [0.3, 0.4) is 0 Å². The second-order valence-electron chi connectivity index (χ2n) is 13.4. The van der Waals surface area contributed by atoms with Crippen molar-refractivity contribution in [3.63, 3.8) is 0 Å². The van der Waals surface area contributed by atoms with E-state index in [1.807, 2.05) is 0 Å². The fourth-order valence-corrected chi connectivity index (χ4v) is 6.72. The first-order valence-electron chi connectivity index (χ1n) is 14.3. The summed E-state index contributed by atoms with van der Waals surface area (Å²) in [5.41, 5.74) is 8.24. The summed E-state index contributed by atoms with van der Waals surface area (Å²) in [5, 5.41) is 6.52. The zero-order chi connectivity index (χ0) is 26.8. The molecule has 2 heteroatoms. The molecule has 0 atom stereocenters. The molecule has 3 aromatic carbocycles. The van der Waals surface area contributed by atoms with Crippen molar-refractivity contribution < 1.29 is 4.57 Å². The fourth-order valence-electron chi connectivity index (χ4n) is 6.72. The minimum absolute atomic E-state index is 0.0482. The van der Waals surface area contributed by atoms with E-state index in [0.717, 1.165) is 5.52 Å². The summed E-state index contributed by atoms with van der Waals surface area (Å²) in [6.07, 6.45) is 7.29. The molecule has 0 bridgehead atoms. The highest BCUT2D eigenvalue weighted by Gasteiger charge is 2.29. The van der Waals surface area contributed by atoms with E-state index in [-0.39, 0.29) is 5.41 Å². The van der Waals surface area contributed by atoms with Crippen molar-refractivity contribution in [3.05, 3.63) is 83.7 Å². The number of aryl methyl sites for hydroxylation is 2. The van der Waals surface area contributed by atoms with Crippen LogP contribution in [0.5, 0.6) is 0 Å². The topological polar surface area (TPSA) is 16.8 Å². The zero-order valence-electron chi connectivity index (χ0n) is 24.2. The van der Waals surface area contributed by atoms with Crippen LogP contribution in [0.1, 0.15) is 83.0 Å².